The summed E-state index contributed by atoms with van der Waals surface area (Å²) in [5, 5.41) is 17.9. The molecule has 0 N–H and O–H groups in total. The van der Waals surface area contributed by atoms with Gasteiger partial charge in [0.25, 0.3) is 0 Å². The van der Waals surface area contributed by atoms with Crippen LogP contribution in [0.15, 0.2) is 18.2 Å². The van der Waals surface area contributed by atoms with E-state index in [0.29, 0.717) is 24.3 Å². The Bertz CT molecular complexity index is 483. The van der Waals surface area contributed by atoms with Crippen molar-refractivity contribution in [2.24, 2.45) is 0 Å². The van der Waals surface area contributed by atoms with Crippen molar-refractivity contribution in [3.05, 3.63) is 23.8 Å². The topological polar surface area (TPSA) is 60.0 Å². The Morgan fingerprint density at radius 2 is 2.06 bits per heavy atom. The summed E-state index contributed by atoms with van der Waals surface area (Å²) in [5.74, 6) is 0.714. The van der Waals surface area contributed by atoms with Gasteiger partial charge in [0.05, 0.1) is 30.9 Å². The van der Waals surface area contributed by atoms with Gasteiger partial charge in [0.2, 0.25) is 0 Å². The molecule has 0 saturated heterocycles. The molecule has 1 aromatic carbocycles. The second-order valence-electron chi connectivity index (χ2n) is 4.19. The fourth-order valence-electron chi connectivity index (χ4n) is 1.80. The summed E-state index contributed by atoms with van der Waals surface area (Å²) in [4.78, 5) is 2.05. The van der Waals surface area contributed by atoms with E-state index < -0.39 is 0 Å². The number of nitrogens with zero attached hydrogens (tertiary/aromatic N) is 3. The molecule has 4 heteroatoms. The molecule has 18 heavy (non-hydrogen) atoms. The first-order valence-corrected chi connectivity index (χ1v) is 5.85. The number of anilines is 1. The molecular formula is C14H17N3O. The van der Waals surface area contributed by atoms with E-state index in [4.69, 9.17) is 15.3 Å². The molecule has 0 aromatic heterocycles. The molecule has 94 valence electrons. The van der Waals surface area contributed by atoms with Crippen molar-refractivity contribution in [2.75, 3.05) is 18.6 Å². The predicted molar refractivity (Wildman–Crippen MR) is 70.4 cm³/mol. The molecule has 1 aromatic rings. The van der Waals surface area contributed by atoms with Crippen LogP contribution in [0.3, 0.4) is 0 Å². The summed E-state index contributed by atoms with van der Waals surface area (Å²) < 4.78 is 5.19. The zero-order valence-electron chi connectivity index (χ0n) is 11.0. The highest BCUT2D eigenvalue weighted by atomic mass is 16.5. The monoisotopic (exact) mass is 243 g/mol. The van der Waals surface area contributed by atoms with Crippen molar-refractivity contribution in [1.29, 1.82) is 10.5 Å². The van der Waals surface area contributed by atoms with Crippen molar-refractivity contribution < 1.29 is 4.74 Å². The Morgan fingerprint density at radius 3 is 2.56 bits per heavy atom. The summed E-state index contributed by atoms with van der Waals surface area (Å²) >= 11 is 0. The van der Waals surface area contributed by atoms with Crippen LogP contribution < -0.4 is 9.64 Å². The number of rotatable bonds is 5. The molecule has 0 heterocycles. The van der Waals surface area contributed by atoms with Crippen LogP contribution in [0.5, 0.6) is 5.75 Å². The molecule has 0 unspecified atom stereocenters. The third kappa shape index (κ3) is 3.15. The number of nitriles is 2. The molecule has 0 spiro atoms. The minimum absolute atomic E-state index is 0.220. The largest absolute Gasteiger partial charge is 0.497 e. The van der Waals surface area contributed by atoms with Crippen molar-refractivity contribution in [3.63, 3.8) is 0 Å². The fourth-order valence-corrected chi connectivity index (χ4v) is 1.80. The lowest BCUT2D eigenvalue weighted by Crippen LogP contribution is -2.32. The number of hydrogen-bond donors (Lipinski definition) is 0. The van der Waals surface area contributed by atoms with Crippen molar-refractivity contribution in [1.82, 2.24) is 0 Å². The first-order valence-electron chi connectivity index (χ1n) is 5.85. The molecule has 0 aliphatic heterocycles. The molecule has 4 nitrogen and oxygen atoms in total. The smallest absolute Gasteiger partial charge is 0.121 e. The Hall–Kier alpha value is -2.20. The minimum atomic E-state index is 0.220. The van der Waals surface area contributed by atoms with Crippen LogP contribution in [-0.4, -0.2) is 19.7 Å². The van der Waals surface area contributed by atoms with Crippen LogP contribution in [0.1, 0.15) is 25.8 Å². The Balaban J connectivity index is 3.17. The van der Waals surface area contributed by atoms with Gasteiger partial charge in [-0.25, -0.2) is 0 Å². The molecule has 0 fully saturated rings. The summed E-state index contributed by atoms with van der Waals surface area (Å²) in [7, 11) is 1.60. The highest BCUT2D eigenvalue weighted by molar-refractivity contribution is 5.62. The third-order valence-electron chi connectivity index (χ3n) is 2.72. The fraction of sp³-hybridized carbons (Fsp3) is 0.429. The van der Waals surface area contributed by atoms with Crippen LogP contribution in [-0.2, 0) is 0 Å². The molecule has 0 atom stereocenters. The van der Waals surface area contributed by atoms with Gasteiger partial charge in [-0.3, -0.25) is 0 Å². The maximum absolute atomic E-state index is 9.16. The first-order chi connectivity index (χ1) is 8.63. The summed E-state index contributed by atoms with van der Waals surface area (Å²) in [6, 6.07) is 9.89. The van der Waals surface area contributed by atoms with Gasteiger partial charge in [-0.15, -0.1) is 0 Å². The van der Waals surface area contributed by atoms with E-state index in [1.54, 1.807) is 19.2 Å². The van der Waals surface area contributed by atoms with Gasteiger partial charge in [-0.1, -0.05) is 0 Å². The van der Waals surface area contributed by atoms with Crippen molar-refractivity contribution in [3.8, 4) is 17.9 Å². The number of hydrogen-bond acceptors (Lipinski definition) is 4. The number of ether oxygens (including phenoxy) is 1. The SMILES string of the molecule is COc1ccc(C#N)c(N(CCC#N)C(C)C)c1. The zero-order valence-corrected chi connectivity index (χ0v) is 11.0. The predicted octanol–water partition coefficient (Wildman–Crippen LogP) is 2.70. The second kappa shape index (κ2) is 6.51. The maximum Gasteiger partial charge on any atom is 0.121 e. The minimum Gasteiger partial charge on any atom is -0.497 e. The molecule has 0 bridgehead atoms. The molecule has 0 radical (unpaired) electrons. The lowest BCUT2D eigenvalue weighted by Gasteiger charge is -2.29. The quantitative estimate of drug-likeness (QED) is 0.797. The van der Waals surface area contributed by atoms with E-state index >= 15 is 0 Å². The number of methoxy groups -OCH3 is 1. The highest BCUT2D eigenvalue weighted by Gasteiger charge is 2.15. The molecule has 1 rings (SSSR count). The standard InChI is InChI=1S/C14H17N3O/c1-11(2)17(8-4-7-15)14-9-13(18-3)6-5-12(14)10-16/h5-6,9,11H,4,8H2,1-3H3. The third-order valence-corrected chi connectivity index (χ3v) is 2.72. The van der Waals surface area contributed by atoms with Crippen LogP contribution >= 0.6 is 0 Å². The van der Waals surface area contributed by atoms with Gasteiger partial charge in [-0.05, 0) is 26.0 Å². The van der Waals surface area contributed by atoms with Crippen LogP contribution in [0.25, 0.3) is 0 Å². The Kier molecular flexibility index (Phi) is 5.02. The van der Waals surface area contributed by atoms with Crippen LogP contribution in [0.2, 0.25) is 0 Å². The maximum atomic E-state index is 9.16. The highest BCUT2D eigenvalue weighted by Crippen LogP contribution is 2.27. The average molecular weight is 243 g/mol. The lowest BCUT2D eigenvalue weighted by atomic mass is 10.1. The Labute approximate surface area is 108 Å². The molecular weight excluding hydrogens is 226 g/mol. The summed E-state index contributed by atoms with van der Waals surface area (Å²) in [5.41, 5.74) is 1.42. The normalized spacial score (nSPS) is 9.67. The average Bonchev–Trinajstić information content (AvgIpc) is 2.38. The van der Waals surface area contributed by atoms with Crippen molar-refractivity contribution >= 4 is 5.69 Å². The van der Waals surface area contributed by atoms with E-state index in [9.17, 15) is 0 Å². The van der Waals surface area contributed by atoms with Gasteiger partial charge >= 0.3 is 0 Å². The van der Waals surface area contributed by atoms with Gasteiger partial charge in [0, 0.05) is 18.7 Å². The van der Waals surface area contributed by atoms with E-state index in [1.165, 1.54) is 0 Å². The van der Waals surface area contributed by atoms with Crippen LogP contribution in [0.4, 0.5) is 5.69 Å². The first kappa shape index (κ1) is 13.9. The summed E-state index contributed by atoms with van der Waals surface area (Å²) in [6.45, 7) is 4.69. The number of benzene rings is 1. The van der Waals surface area contributed by atoms with E-state index in [-0.39, 0.29) is 6.04 Å². The van der Waals surface area contributed by atoms with Crippen molar-refractivity contribution in [2.45, 2.75) is 26.3 Å². The molecule has 0 aliphatic rings. The van der Waals surface area contributed by atoms with Gasteiger partial charge < -0.3 is 9.64 Å². The Morgan fingerprint density at radius 1 is 1.33 bits per heavy atom. The second-order valence-corrected chi connectivity index (χ2v) is 4.19. The van der Waals surface area contributed by atoms with Crippen LogP contribution in [0, 0.1) is 22.7 Å². The summed E-state index contributed by atoms with van der Waals surface area (Å²) in [6.07, 6.45) is 0.431. The van der Waals surface area contributed by atoms with E-state index in [2.05, 4.69) is 12.1 Å². The van der Waals surface area contributed by atoms with Gasteiger partial charge in [0.15, 0.2) is 0 Å². The molecule has 0 amide bonds. The van der Waals surface area contributed by atoms with Gasteiger partial charge in [0.1, 0.15) is 11.8 Å². The van der Waals surface area contributed by atoms with E-state index in [1.807, 2.05) is 24.8 Å². The van der Waals surface area contributed by atoms with Gasteiger partial charge in [-0.2, -0.15) is 10.5 Å². The lowest BCUT2D eigenvalue weighted by molar-refractivity contribution is 0.414. The molecule has 0 saturated carbocycles. The van der Waals surface area contributed by atoms with E-state index in [0.717, 1.165) is 5.69 Å². The molecule has 0 aliphatic carbocycles. The zero-order chi connectivity index (χ0) is 13.5.